The summed E-state index contributed by atoms with van der Waals surface area (Å²) in [6.45, 7) is 1.87. The molecule has 4 heteroatoms. The van der Waals surface area contributed by atoms with Crippen LogP contribution in [0, 0.1) is 15.2 Å². The van der Waals surface area contributed by atoms with E-state index in [0.717, 1.165) is 9.26 Å². The van der Waals surface area contributed by atoms with Crippen LogP contribution >= 0.6 is 22.6 Å². The maximum Gasteiger partial charge on any atom is 0.128 e. The minimum absolute atomic E-state index is 0.176. The molecule has 0 saturated heterocycles. The SMILES string of the molecule is CC(Nc1ccc(F)cc1I)c1ccccc1F. The smallest absolute Gasteiger partial charge is 0.128 e. The summed E-state index contributed by atoms with van der Waals surface area (Å²) in [7, 11) is 0. The topological polar surface area (TPSA) is 12.0 Å². The summed E-state index contributed by atoms with van der Waals surface area (Å²) in [5.74, 6) is -0.516. The fourth-order valence-corrected chi connectivity index (χ4v) is 2.38. The minimum Gasteiger partial charge on any atom is -0.378 e. The van der Waals surface area contributed by atoms with Crippen LogP contribution in [0.3, 0.4) is 0 Å². The van der Waals surface area contributed by atoms with Crippen LogP contribution in [-0.4, -0.2) is 0 Å². The van der Waals surface area contributed by atoms with Crippen molar-refractivity contribution in [3.8, 4) is 0 Å². The predicted molar refractivity (Wildman–Crippen MR) is 77.6 cm³/mol. The van der Waals surface area contributed by atoms with E-state index >= 15 is 0 Å². The molecule has 0 radical (unpaired) electrons. The van der Waals surface area contributed by atoms with E-state index < -0.39 is 0 Å². The van der Waals surface area contributed by atoms with Crippen molar-refractivity contribution in [3.05, 3.63) is 63.2 Å². The van der Waals surface area contributed by atoms with E-state index in [1.165, 1.54) is 18.2 Å². The molecule has 0 aliphatic rings. The Morgan fingerprint density at radius 3 is 2.50 bits per heavy atom. The van der Waals surface area contributed by atoms with Crippen molar-refractivity contribution in [2.45, 2.75) is 13.0 Å². The van der Waals surface area contributed by atoms with E-state index in [1.807, 2.05) is 6.92 Å². The average molecular weight is 359 g/mol. The molecular formula is C14H12F2IN. The average Bonchev–Trinajstić information content (AvgIpc) is 2.33. The molecule has 94 valence electrons. The van der Waals surface area contributed by atoms with Gasteiger partial charge in [0.15, 0.2) is 0 Å². The van der Waals surface area contributed by atoms with Crippen molar-refractivity contribution in [2.24, 2.45) is 0 Å². The zero-order valence-corrected chi connectivity index (χ0v) is 11.9. The molecule has 0 aliphatic carbocycles. The lowest BCUT2D eigenvalue weighted by atomic mass is 10.1. The number of benzene rings is 2. The highest BCUT2D eigenvalue weighted by Crippen LogP contribution is 2.25. The second-order valence-corrected chi connectivity index (χ2v) is 5.17. The Balaban J connectivity index is 2.21. The normalized spacial score (nSPS) is 12.2. The van der Waals surface area contributed by atoms with Crippen LogP contribution in [-0.2, 0) is 0 Å². The lowest BCUT2D eigenvalue weighted by Gasteiger charge is -2.17. The summed E-state index contributed by atoms with van der Waals surface area (Å²) >= 11 is 2.05. The first-order chi connectivity index (χ1) is 8.58. The molecule has 0 spiro atoms. The summed E-state index contributed by atoms with van der Waals surface area (Å²) in [5.41, 5.74) is 1.39. The molecule has 0 aromatic heterocycles. The third-order valence-corrected chi connectivity index (χ3v) is 3.57. The third kappa shape index (κ3) is 2.98. The van der Waals surface area contributed by atoms with Crippen molar-refractivity contribution in [1.29, 1.82) is 0 Å². The minimum atomic E-state index is -0.275. The largest absolute Gasteiger partial charge is 0.378 e. The summed E-state index contributed by atoms with van der Waals surface area (Å²) in [5, 5.41) is 3.18. The van der Waals surface area contributed by atoms with E-state index in [-0.39, 0.29) is 17.7 Å². The zero-order valence-electron chi connectivity index (χ0n) is 9.75. The van der Waals surface area contributed by atoms with Crippen LogP contribution in [0.4, 0.5) is 14.5 Å². The van der Waals surface area contributed by atoms with Crippen LogP contribution in [0.25, 0.3) is 0 Å². The lowest BCUT2D eigenvalue weighted by molar-refractivity contribution is 0.600. The van der Waals surface area contributed by atoms with Gasteiger partial charge < -0.3 is 5.32 Å². The quantitative estimate of drug-likeness (QED) is 0.781. The van der Waals surface area contributed by atoms with Gasteiger partial charge >= 0.3 is 0 Å². The fraction of sp³-hybridized carbons (Fsp3) is 0.143. The summed E-state index contributed by atoms with van der Waals surface area (Å²) in [4.78, 5) is 0. The van der Waals surface area contributed by atoms with Crippen molar-refractivity contribution >= 4 is 28.3 Å². The second-order valence-electron chi connectivity index (χ2n) is 4.01. The molecule has 1 atom stereocenters. The van der Waals surface area contributed by atoms with Crippen LogP contribution in [0.1, 0.15) is 18.5 Å². The Bertz CT molecular complexity index is 557. The molecule has 0 saturated carbocycles. The Labute approximate surface area is 118 Å². The highest BCUT2D eigenvalue weighted by Gasteiger charge is 2.11. The monoisotopic (exact) mass is 359 g/mol. The molecule has 1 N–H and O–H groups in total. The zero-order chi connectivity index (χ0) is 13.1. The lowest BCUT2D eigenvalue weighted by Crippen LogP contribution is -2.09. The molecular weight excluding hydrogens is 347 g/mol. The van der Waals surface area contributed by atoms with E-state index in [2.05, 4.69) is 27.9 Å². The van der Waals surface area contributed by atoms with Gasteiger partial charge in [0.1, 0.15) is 11.6 Å². The number of nitrogens with one attached hydrogen (secondary N) is 1. The summed E-state index contributed by atoms with van der Waals surface area (Å²) < 4.78 is 27.4. The molecule has 0 heterocycles. The van der Waals surface area contributed by atoms with Gasteiger partial charge in [0.2, 0.25) is 0 Å². The maximum atomic E-state index is 13.6. The Morgan fingerprint density at radius 2 is 1.83 bits per heavy atom. The van der Waals surface area contributed by atoms with Gasteiger partial charge in [-0.2, -0.15) is 0 Å². The molecule has 18 heavy (non-hydrogen) atoms. The van der Waals surface area contributed by atoms with Crippen LogP contribution in [0.15, 0.2) is 42.5 Å². The van der Waals surface area contributed by atoms with E-state index in [9.17, 15) is 8.78 Å². The van der Waals surface area contributed by atoms with Crippen molar-refractivity contribution in [1.82, 2.24) is 0 Å². The second kappa shape index (κ2) is 5.65. The van der Waals surface area contributed by atoms with Crippen LogP contribution in [0.5, 0.6) is 0 Å². The van der Waals surface area contributed by atoms with E-state index in [1.54, 1.807) is 24.3 Å². The standard InChI is InChI=1S/C14H12F2IN/c1-9(11-4-2-3-5-12(11)16)18-14-7-6-10(15)8-13(14)17/h2-9,18H,1H3. The molecule has 0 aliphatic heterocycles. The van der Waals surface area contributed by atoms with Crippen molar-refractivity contribution in [2.75, 3.05) is 5.32 Å². The van der Waals surface area contributed by atoms with Crippen LogP contribution in [0.2, 0.25) is 0 Å². The van der Waals surface area contributed by atoms with Gasteiger partial charge in [0, 0.05) is 14.8 Å². The molecule has 0 fully saturated rings. The van der Waals surface area contributed by atoms with Gasteiger partial charge in [-0.3, -0.25) is 0 Å². The van der Waals surface area contributed by atoms with Crippen LogP contribution < -0.4 is 5.32 Å². The molecule has 0 amide bonds. The Kier molecular flexibility index (Phi) is 4.16. The molecule has 0 bridgehead atoms. The number of anilines is 1. The third-order valence-electron chi connectivity index (χ3n) is 2.67. The number of halogens is 3. The Morgan fingerprint density at radius 1 is 1.11 bits per heavy atom. The van der Waals surface area contributed by atoms with E-state index in [4.69, 9.17) is 0 Å². The number of rotatable bonds is 3. The van der Waals surface area contributed by atoms with Crippen molar-refractivity contribution < 1.29 is 8.78 Å². The molecule has 2 aromatic carbocycles. The fourth-order valence-electron chi connectivity index (χ4n) is 1.74. The number of hydrogen-bond acceptors (Lipinski definition) is 1. The maximum absolute atomic E-state index is 13.6. The summed E-state index contributed by atoms with van der Waals surface area (Å²) in [6, 6.07) is 10.9. The van der Waals surface area contributed by atoms with Gasteiger partial charge in [0.05, 0.1) is 6.04 Å². The first kappa shape index (κ1) is 13.3. The molecule has 2 rings (SSSR count). The van der Waals surface area contributed by atoms with Gasteiger partial charge in [-0.05, 0) is 53.8 Å². The molecule has 1 nitrogen and oxygen atoms in total. The predicted octanol–water partition coefficient (Wildman–Crippen LogP) is 4.74. The van der Waals surface area contributed by atoms with Crippen molar-refractivity contribution in [3.63, 3.8) is 0 Å². The van der Waals surface area contributed by atoms with Gasteiger partial charge in [-0.25, -0.2) is 8.78 Å². The van der Waals surface area contributed by atoms with E-state index in [0.29, 0.717) is 5.56 Å². The molecule has 2 aromatic rings. The number of hydrogen-bond donors (Lipinski definition) is 1. The van der Waals surface area contributed by atoms with Gasteiger partial charge in [-0.15, -0.1) is 0 Å². The highest BCUT2D eigenvalue weighted by molar-refractivity contribution is 14.1. The first-order valence-corrected chi connectivity index (χ1v) is 6.62. The summed E-state index contributed by atoms with van der Waals surface area (Å²) in [6.07, 6.45) is 0. The Hall–Kier alpha value is -1.17. The van der Waals surface area contributed by atoms with Gasteiger partial charge in [-0.1, -0.05) is 18.2 Å². The molecule has 1 unspecified atom stereocenters. The highest BCUT2D eigenvalue weighted by atomic mass is 127. The first-order valence-electron chi connectivity index (χ1n) is 5.54. The van der Waals surface area contributed by atoms with Gasteiger partial charge in [0.25, 0.3) is 0 Å².